The number of amides is 1. The summed E-state index contributed by atoms with van der Waals surface area (Å²) in [5, 5.41) is 9.56. The van der Waals surface area contributed by atoms with Crippen LogP contribution in [0.5, 0.6) is 5.75 Å². The van der Waals surface area contributed by atoms with Crippen LogP contribution in [-0.2, 0) is 11.2 Å². The quantitative estimate of drug-likeness (QED) is 0.886. The zero-order chi connectivity index (χ0) is 16.9. The lowest BCUT2D eigenvalue weighted by Gasteiger charge is -2.24. The first kappa shape index (κ1) is 16.3. The number of ether oxygens (including phenoxy) is 2. The molecule has 2 aromatic rings. The number of hydrogen-bond donors (Lipinski definition) is 1. The van der Waals surface area contributed by atoms with Gasteiger partial charge in [-0.1, -0.05) is 42.5 Å². The van der Waals surface area contributed by atoms with Crippen molar-refractivity contribution in [2.75, 3.05) is 20.3 Å². The Morgan fingerprint density at radius 1 is 1.12 bits per heavy atom. The Morgan fingerprint density at radius 2 is 1.83 bits per heavy atom. The zero-order valence-corrected chi connectivity index (χ0v) is 13.6. The molecule has 126 valence electrons. The Labute approximate surface area is 141 Å². The van der Waals surface area contributed by atoms with E-state index < -0.39 is 6.10 Å². The van der Waals surface area contributed by atoms with Crippen molar-refractivity contribution < 1.29 is 19.4 Å². The van der Waals surface area contributed by atoms with Crippen LogP contribution in [0.3, 0.4) is 0 Å². The minimum absolute atomic E-state index is 0.190. The maximum atomic E-state index is 12.2. The summed E-state index contributed by atoms with van der Waals surface area (Å²) in [5.74, 6) is 0.807. The van der Waals surface area contributed by atoms with Crippen LogP contribution < -0.4 is 4.74 Å². The smallest absolute Gasteiger partial charge is 0.410 e. The SMILES string of the molecule is COc1ccc(CCN2C(=O)O[C@@H](CO)[C@H]2c2ccccc2)cc1. The highest BCUT2D eigenvalue weighted by molar-refractivity contribution is 5.71. The number of carbonyl (C=O) groups excluding carboxylic acids is 1. The van der Waals surface area contributed by atoms with Gasteiger partial charge in [-0.25, -0.2) is 4.79 Å². The number of hydrogen-bond acceptors (Lipinski definition) is 4. The highest BCUT2D eigenvalue weighted by Crippen LogP contribution is 2.33. The molecule has 1 aliphatic rings. The summed E-state index contributed by atoms with van der Waals surface area (Å²) in [4.78, 5) is 13.9. The molecule has 1 heterocycles. The largest absolute Gasteiger partial charge is 0.497 e. The Morgan fingerprint density at radius 3 is 2.46 bits per heavy atom. The van der Waals surface area contributed by atoms with Crippen molar-refractivity contribution in [1.29, 1.82) is 0 Å². The summed E-state index contributed by atoms with van der Waals surface area (Å²) in [7, 11) is 1.63. The van der Waals surface area contributed by atoms with E-state index in [9.17, 15) is 9.90 Å². The molecule has 0 bridgehead atoms. The number of nitrogens with zero attached hydrogens (tertiary/aromatic N) is 1. The van der Waals surface area contributed by atoms with Crippen LogP contribution in [0.4, 0.5) is 4.79 Å². The molecule has 0 unspecified atom stereocenters. The van der Waals surface area contributed by atoms with Gasteiger partial charge in [0, 0.05) is 6.54 Å². The van der Waals surface area contributed by atoms with Crippen molar-refractivity contribution in [3.05, 3.63) is 65.7 Å². The molecule has 0 aromatic heterocycles. The molecule has 5 heteroatoms. The van der Waals surface area contributed by atoms with E-state index in [4.69, 9.17) is 9.47 Å². The summed E-state index contributed by atoms with van der Waals surface area (Å²) in [6.07, 6.45) is -0.201. The third kappa shape index (κ3) is 3.36. The van der Waals surface area contributed by atoms with Crippen molar-refractivity contribution >= 4 is 6.09 Å². The fourth-order valence-corrected chi connectivity index (χ4v) is 3.03. The highest BCUT2D eigenvalue weighted by atomic mass is 16.6. The van der Waals surface area contributed by atoms with E-state index in [1.165, 1.54) is 0 Å². The topological polar surface area (TPSA) is 59.0 Å². The first-order chi connectivity index (χ1) is 11.7. The Balaban J connectivity index is 1.75. The van der Waals surface area contributed by atoms with Gasteiger partial charge < -0.3 is 14.6 Å². The summed E-state index contributed by atoms with van der Waals surface area (Å²) in [5.41, 5.74) is 2.08. The van der Waals surface area contributed by atoms with Crippen LogP contribution in [0.15, 0.2) is 54.6 Å². The molecule has 0 aliphatic carbocycles. The standard InChI is InChI=1S/C19H21NO4/c1-23-16-9-7-14(8-10-16)11-12-20-18(15-5-3-2-4-6-15)17(13-21)24-19(20)22/h2-10,17-18,21H,11-13H2,1H3/t17-,18+/m0/s1. The molecule has 5 nitrogen and oxygen atoms in total. The fraction of sp³-hybridized carbons (Fsp3) is 0.316. The van der Waals surface area contributed by atoms with Gasteiger partial charge in [0.05, 0.1) is 19.8 Å². The van der Waals surface area contributed by atoms with Gasteiger partial charge in [-0.05, 0) is 29.7 Å². The predicted molar refractivity (Wildman–Crippen MR) is 89.9 cm³/mol. The molecular formula is C19H21NO4. The second-order valence-corrected chi connectivity index (χ2v) is 5.75. The summed E-state index contributed by atoms with van der Waals surface area (Å²) in [6, 6.07) is 17.2. The van der Waals surface area contributed by atoms with Crippen molar-refractivity contribution in [2.45, 2.75) is 18.6 Å². The van der Waals surface area contributed by atoms with E-state index in [1.807, 2.05) is 54.6 Å². The normalized spacial score (nSPS) is 20.1. The van der Waals surface area contributed by atoms with E-state index in [-0.39, 0.29) is 18.7 Å². The molecule has 1 fully saturated rings. The predicted octanol–water partition coefficient (Wildman–Crippen LogP) is 2.79. The van der Waals surface area contributed by atoms with E-state index in [1.54, 1.807) is 12.0 Å². The average Bonchev–Trinajstić information content (AvgIpc) is 2.96. The van der Waals surface area contributed by atoms with Gasteiger partial charge in [-0.15, -0.1) is 0 Å². The average molecular weight is 327 g/mol. The van der Waals surface area contributed by atoms with Crippen molar-refractivity contribution in [1.82, 2.24) is 4.90 Å². The number of benzene rings is 2. The molecule has 0 saturated carbocycles. The van der Waals surface area contributed by atoms with Crippen molar-refractivity contribution in [2.24, 2.45) is 0 Å². The Kier molecular flexibility index (Phi) is 5.01. The number of aliphatic hydroxyl groups is 1. The molecule has 0 radical (unpaired) electrons. The number of cyclic esters (lactones) is 1. The summed E-state index contributed by atoms with van der Waals surface area (Å²) in [6.45, 7) is 0.339. The van der Waals surface area contributed by atoms with Gasteiger partial charge in [0.1, 0.15) is 5.75 Å². The molecule has 1 aliphatic heterocycles. The van der Waals surface area contributed by atoms with Gasteiger partial charge in [-0.3, -0.25) is 4.90 Å². The van der Waals surface area contributed by atoms with Crippen LogP contribution in [0.2, 0.25) is 0 Å². The number of methoxy groups -OCH3 is 1. The number of rotatable bonds is 6. The van der Waals surface area contributed by atoms with Gasteiger partial charge in [0.2, 0.25) is 0 Å². The highest BCUT2D eigenvalue weighted by Gasteiger charge is 2.41. The number of carbonyl (C=O) groups is 1. The molecule has 2 atom stereocenters. The van der Waals surface area contributed by atoms with E-state index in [2.05, 4.69) is 0 Å². The third-order valence-corrected chi connectivity index (χ3v) is 4.30. The van der Waals surface area contributed by atoms with Crippen LogP contribution in [0.25, 0.3) is 0 Å². The summed E-state index contributed by atoms with van der Waals surface area (Å²) >= 11 is 0. The van der Waals surface area contributed by atoms with Crippen LogP contribution in [0, 0.1) is 0 Å². The van der Waals surface area contributed by atoms with Gasteiger partial charge >= 0.3 is 6.09 Å². The fourth-order valence-electron chi connectivity index (χ4n) is 3.03. The first-order valence-electron chi connectivity index (χ1n) is 7.99. The van der Waals surface area contributed by atoms with Crippen LogP contribution >= 0.6 is 0 Å². The summed E-state index contributed by atoms with van der Waals surface area (Å²) < 4.78 is 10.5. The molecular weight excluding hydrogens is 306 g/mol. The van der Waals surface area contributed by atoms with Crippen LogP contribution in [-0.4, -0.2) is 42.5 Å². The maximum absolute atomic E-state index is 12.2. The molecule has 0 spiro atoms. The third-order valence-electron chi connectivity index (χ3n) is 4.30. The molecule has 24 heavy (non-hydrogen) atoms. The molecule has 1 N–H and O–H groups in total. The van der Waals surface area contributed by atoms with Gasteiger partial charge in [0.15, 0.2) is 6.10 Å². The lowest BCUT2D eigenvalue weighted by molar-refractivity contribution is 0.0827. The Hall–Kier alpha value is -2.53. The molecule has 2 aromatic carbocycles. The maximum Gasteiger partial charge on any atom is 0.410 e. The van der Waals surface area contributed by atoms with E-state index >= 15 is 0 Å². The minimum Gasteiger partial charge on any atom is -0.497 e. The second-order valence-electron chi connectivity index (χ2n) is 5.75. The first-order valence-corrected chi connectivity index (χ1v) is 7.99. The zero-order valence-electron chi connectivity index (χ0n) is 13.6. The molecule has 3 rings (SSSR count). The van der Waals surface area contributed by atoms with Gasteiger partial charge in [-0.2, -0.15) is 0 Å². The number of aliphatic hydroxyl groups excluding tert-OH is 1. The van der Waals surface area contributed by atoms with E-state index in [0.717, 1.165) is 16.9 Å². The van der Waals surface area contributed by atoms with Gasteiger partial charge in [0.25, 0.3) is 0 Å². The molecule has 1 amide bonds. The monoisotopic (exact) mass is 327 g/mol. The van der Waals surface area contributed by atoms with E-state index in [0.29, 0.717) is 13.0 Å². The van der Waals surface area contributed by atoms with Crippen molar-refractivity contribution in [3.8, 4) is 5.75 Å². The lowest BCUT2D eigenvalue weighted by Crippen LogP contribution is -2.32. The second kappa shape index (κ2) is 7.36. The Bertz CT molecular complexity index is 672. The lowest BCUT2D eigenvalue weighted by atomic mass is 10.0. The van der Waals surface area contributed by atoms with Crippen LogP contribution in [0.1, 0.15) is 17.2 Å². The molecule has 1 saturated heterocycles. The minimum atomic E-state index is -0.532. The van der Waals surface area contributed by atoms with Crippen molar-refractivity contribution in [3.63, 3.8) is 0 Å².